The standard InChI is InChI=1S/C37H25BrN3/c38-32-22-30(33-15-7-13-28-14-8-20-39-36(28)33)21-31(23-32)35-24-34(40-37(41-35)29-11-5-2-6-12-29)27-18-16-26(17-19-27)25-9-3-1-4-10-25/h1-24,37H/q-1. The Morgan fingerprint density at radius 1 is 0.585 bits per heavy atom. The highest BCUT2D eigenvalue weighted by Gasteiger charge is 2.14. The molecule has 0 bridgehead atoms. The van der Waals surface area contributed by atoms with Crippen LogP contribution in [0, 0.1) is 0 Å². The van der Waals surface area contributed by atoms with Crippen molar-refractivity contribution in [1.82, 2.24) is 4.98 Å². The maximum absolute atomic E-state index is 5.14. The summed E-state index contributed by atoms with van der Waals surface area (Å²) in [5.41, 5.74) is 10.5. The number of hydrogen-bond acceptors (Lipinski definition) is 2. The number of allylic oxidation sites excluding steroid dienone is 1. The number of nitrogens with zero attached hydrogens (tertiary/aromatic N) is 3. The van der Waals surface area contributed by atoms with Crippen molar-refractivity contribution >= 4 is 38.2 Å². The van der Waals surface area contributed by atoms with Crippen molar-refractivity contribution in [1.29, 1.82) is 0 Å². The molecule has 196 valence electrons. The molecule has 0 saturated carbocycles. The lowest BCUT2D eigenvalue weighted by Gasteiger charge is -2.37. The fourth-order valence-corrected chi connectivity index (χ4v) is 5.77. The molecule has 0 aliphatic carbocycles. The Balaban J connectivity index is 1.32. The molecule has 3 nitrogen and oxygen atoms in total. The average molecular weight is 592 g/mol. The molecule has 1 aliphatic rings. The van der Waals surface area contributed by atoms with Crippen LogP contribution in [0.3, 0.4) is 0 Å². The highest BCUT2D eigenvalue weighted by molar-refractivity contribution is 9.10. The molecule has 4 heteroatoms. The van der Waals surface area contributed by atoms with E-state index in [0.29, 0.717) is 0 Å². The fraction of sp³-hybridized carbons (Fsp3) is 0.0270. The topological polar surface area (TPSA) is 39.4 Å². The van der Waals surface area contributed by atoms with Gasteiger partial charge in [-0.1, -0.05) is 131 Å². The number of pyridine rings is 1. The van der Waals surface area contributed by atoms with Gasteiger partial charge in [0, 0.05) is 27.8 Å². The van der Waals surface area contributed by atoms with Crippen LogP contribution in [0.1, 0.15) is 22.9 Å². The quantitative estimate of drug-likeness (QED) is 0.197. The van der Waals surface area contributed by atoms with Gasteiger partial charge < -0.3 is 5.32 Å². The van der Waals surface area contributed by atoms with Crippen molar-refractivity contribution in [3.8, 4) is 22.3 Å². The number of aliphatic imine (C=N–C) groups is 1. The summed E-state index contributed by atoms with van der Waals surface area (Å²) in [5, 5.41) is 6.25. The minimum absolute atomic E-state index is 0.332. The Kier molecular flexibility index (Phi) is 6.75. The molecule has 0 saturated heterocycles. The summed E-state index contributed by atoms with van der Waals surface area (Å²) < 4.78 is 0.988. The van der Waals surface area contributed by atoms with Crippen LogP contribution in [-0.2, 0) is 0 Å². The van der Waals surface area contributed by atoms with Crippen LogP contribution in [0.15, 0.2) is 155 Å². The first-order valence-electron chi connectivity index (χ1n) is 13.6. The molecule has 0 N–H and O–H groups in total. The largest absolute Gasteiger partial charge is 0.659 e. The van der Waals surface area contributed by atoms with Gasteiger partial charge in [-0.2, -0.15) is 0 Å². The Labute approximate surface area is 248 Å². The summed E-state index contributed by atoms with van der Waals surface area (Å²) in [7, 11) is 0. The Morgan fingerprint density at radius 3 is 2.07 bits per heavy atom. The van der Waals surface area contributed by atoms with Crippen LogP contribution >= 0.6 is 15.9 Å². The minimum Gasteiger partial charge on any atom is -0.659 e. The molecule has 6 aromatic rings. The second-order valence-electron chi connectivity index (χ2n) is 10.0. The Morgan fingerprint density at radius 2 is 1.27 bits per heavy atom. The van der Waals surface area contributed by atoms with E-state index in [0.717, 1.165) is 54.6 Å². The van der Waals surface area contributed by atoms with E-state index in [4.69, 9.17) is 10.3 Å². The molecule has 0 spiro atoms. The fourth-order valence-electron chi connectivity index (χ4n) is 5.28. The summed E-state index contributed by atoms with van der Waals surface area (Å²) in [6.45, 7) is 0. The van der Waals surface area contributed by atoms with Gasteiger partial charge in [0.15, 0.2) is 0 Å². The zero-order valence-electron chi connectivity index (χ0n) is 22.2. The molecule has 1 aromatic heterocycles. The minimum atomic E-state index is -0.332. The van der Waals surface area contributed by atoms with Crippen molar-refractivity contribution in [3.63, 3.8) is 0 Å². The van der Waals surface area contributed by atoms with Gasteiger partial charge in [-0.05, 0) is 57.6 Å². The molecule has 7 rings (SSSR count). The second kappa shape index (κ2) is 11.0. The van der Waals surface area contributed by atoms with E-state index in [1.54, 1.807) is 0 Å². The zero-order chi connectivity index (χ0) is 27.6. The molecule has 1 unspecified atom stereocenters. The first-order valence-corrected chi connectivity index (χ1v) is 14.4. The molecule has 5 aromatic carbocycles. The van der Waals surface area contributed by atoms with Crippen LogP contribution in [-0.4, -0.2) is 10.7 Å². The summed E-state index contributed by atoms with van der Waals surface area (Å²) in [4.78, 5) is 9.79. The summed E-state index contributed by atoms with van der Waals surface area (Å²) in [5.74, 6) is 0. The SMILES string of the molecule is Brc1cc(C2=CC(c3ccc(-c4ccccc4)cc3)=NC(c3ccccc3)[N-]2)cc(-c2cccc3cccnc23)c1. The normalized spacial score (nSPS) is 14.7. The van der Waals surface area contributed by atoms with Crippen molar-refractivity contribution in [2.24, 2.45) is 4.99 Å². The number of rotatable bonds is 5. The Bertz CT molecular complexity index is 1900. The van der Waals surface area contributed by atoms with Crippen LogP contribution in [0.25, 0.3) is 44.2 Å². The number of benzene rings is 5. The molecule has 0 fully saturated rings. The predicted octanol–water partition coefficient (Wildman–Crippen LogP) is 10.2. The maximum Gasteiger partial charge on any atom is 0.0780 e. The van der Waals surface area contributed by atoms with E-state index >= 15 is 0 Å². The van der Waals surface area contributed by atoms with Crippen LogP contribution in [0.5, 0.6) is 0 Å². The summed E-state index contributed by atoms with van der Waals surface area (Å²) >= 11 is 3.77. The average Bonchev–Trinajstić information content (AvgIpc) is 3.05. The monoisotopic (exact) mass is 590 g/mol. The lowest BCUT2D eigenvalue weighted by atomic mass is 9.96. The van der Waals surface area contributed by atoms with E-state index in [1.165, 1.54) is 11.1 Å². The lowest BCUT2D eigenvalue weighted by Crippen LogP contribution is -2.09. The highest BCUT2D eigenvalue weighted by Crippen LogP contribution is 2.40. The maximum atomic E-state index is 5.14. The lowest BCUT2D eigenvalue weighted by molar-refractivity contribution is 0.879. The predicted molar refractivity (Wildman–Crippen MR) is 174 cm³/mol. The van der Waals surface area contributed by atoms with Crippen molar-refractivity contribution in [2.75, 3.05) is 0 Å². The third-order valence-electron chi connectivity index (χ3n) is 7.32. The molecule has 2 heterocycles. The number of hydrogen-bond donors (Lipinski definition) is 0. The summed E-state index contributed by atoms with van der Waals surface area (Å²) in [6, 6.07) is 46.2. The number of aromatic nitrogens is 1. The highest BCUT2D eigenvalue weighted by atomic mass is 79.9. The van der Waals surface area contributed by atoms with Crippen molar-refractivity contribution in [2.45, 2.75) is 6.17 Å². The third-order valence-corrected chi connectivity index (χ3v) is 7.78. The zero-order valence-corrected chi connectivity index (χ0v) is 23.7. The third kappa shape index (κ3) is 5.22. The van der Waals surface area contributed by atoms with Gasteiger partial charge in [0.25, 0.3) is 0 Å². The second-order valence-corrected chi connectivity index (χ2v) is 10.9. The van der Waals surface area contributed by atoms with Crippen LogP contribution in [0.4, 0.5) is 0 Å². The van der Waals surface area contributed by atoms with Gasteiger partial charge >= 0.3 is 0 Å². The molecule has 41 heavy (non-hydrogen) atoms. The van der Waals surface area contributed by atoms with Crippen molar-refractivity contribution < 1.29 is 0 Å². The van der Waals surface area contributed by atoms with Gasteiger partial charge in [0.1, 0.15) is 0 Å². The molecule has 1 aliphatic heterocycles. The summed E-state index contributed by atoms with van der Waals surface area (Å²) in [6.07, 6.45) is 3.62. The van der Waals surface area contributed by atoms with E-state index in [1.807, 2.05) is 36.5 Å². The van der Waals surface area contributed by atoms with Crippen molar-refractivity contribution in [3.05, 3.63) is 172 Å². The molecular formula is C37H25BrN3-. The molecule has 1 atom stereocenters. The first-order chi connectivity index (χ1) is 20.2. The van der Waals surface area contributed by atoms with Gasteiger partial charge in [0.05, 0.1) is 11.2 Å². The van der Waals surface area contributed by atoms with E-state index < -0.39 is 0 Å². The molecule has 0 amide bonds. The van der Waals surface area contributed by atoms with Gasteiger partial charge in [-0.25, -0.2) is 0 Å². The van der Waals surface area contributed by atoms with E-state index in [-0.39, 0.29) is 6.17 Å². The van der Waals surface area contributed by atoms with E-state index in [2.05, 4.69) is 130 Å². The van der Waals surface area contributed by atoms with Crippen LogP contribution < -0.4 is 0 Å². The Hall–Kier alpha value is -4.80. The van der Waals surface area contributed by atoms with Gasteiger partial charge in [-0.3, -0.25) is 9.98 Å². The molecular weight excluding hydrogens is 566 g/mol. The first kappa shape index (κ1) is 25.2. The van der Waals surface area contributed by atoms with Crippen LogP contribution in [0.2, 0.25) is 0 Å². The molecule has 0 radical (unpaired) electrons. The van der Waals surface area contributed by atoms with Gasteiger partial charge in [0.2, 0.25) is 0 Å². The van der Waals surface area contributed by atoms with Gasteiger partial charge in [-0.15, -0.1) is 5.70 Å². The van der Waals surface area contributed by atoms with E-state index in [9.17, 15) is 0 Å². The number of halogens is 1. The number of fused-ring (bicyclic) bond motifs is 1. The smallest absolute Gasteiger partial charge is 0.0780 e. The number of para-hydroxylation sites is 1.